The van der Waals surface area contributed by atoms with Crippen molar-refractivity contribution in [2.24, 2.45) is 0 Å². The summed E-state index contributed by atoms with van der Waals surface area (Å²) >= 11 is 0. The van der Waals surface area contributed by atoms with Crippen molar-refractivity contribution in [3.63, 3.8) is 0 Å². The minimum Gasteiger partial charge on any atom is -0.465 e. The van der Waals surface area contributed by atoms with Gasteiger partial charge >= 0.3 is 5.97 Å². The first-order valence-electron chi connectivity index (χ1n) is 5.33. The maximum atomic E-state index is 13.1. The van der Waals surface area contributed by atoms with Crippen LogP contribution in [0.4, 0.5) is 10.1 Å². The van der Waals surface area contributed by atoms with Crippen molar-refractivity contribution in [2.75, 3.05) is 11.8 Å². The Morgan fingerprint density at radius 1 is 1.45 bits per heavy atom. The van der Waals surface area contributed by atoms with Crippen LogP contribution >= 0.6 is 0 Å². The van der Waals surface area contributed by atoms with Crippen molar-refractivity contribution in [1.82, 2.24) is 9.97 Å². The zero-order valence-corrected chi connectivity index (χ0v) is 11.1. The summed E-state index contributed by atoms with van der Waals surface area (Å²) in [7, 11) is -2.83. The normalized spacial score (nSPS) is 11.1. The number of aromatic amines is 1. The lowest BCUT2D eigenvalue weighted by atomic mass is 10.2. The molecule has 1 aromatic heterocycles. The minimum absolute atomic E-state index is 0.0900. The maximum Gasteiger partial charge on any atom is 0.340 e. The molecule has 2 N–H and O–H groups in total. The Morgan fingerprint density at radius 2 is 2.20 bits per heavy atom. The van der Waals surface area contributed by atoms with Crippen LogP contribution in [-0.2, 0) is 14.8 Å². The largest absolute Gasteiger partial charge is 0.465 e. The third kappa shape index (κ3) is 2.77. The number of carbonyl (C=O) groups excluding carboxylic acids is 1. The first-order valence-corrected chi connectivity index (χ1v) is 6.81. The number of aromatic nitrogens is 2. The molecule has 2 rings (SSSR count). The van der Waals surface area contributed by atoms with Crippen molar-refractivity contribution in [1.29, 1.82) is 0 Å². The van der Waals surface area contributed by atoms with Gasteiger partial charge in [-0.15, -0.1) is 0 Å². The zero-order valence-electron chi connectivity index (χ0n) is 10.3. The van der Waals surface area contributed by atoms with Gasteiger partial charge < -0.3 is 9.72 Å². The van der Waals surface area contributed by atoms with Crippen LogP contribution in [0.1, 0.15) is 10.4 Å². The number of sulfonamides is 1. The van der Waals surface area contributed by atoms with Crippen LogP contribution in [0, 0.1) is 5.82 Å². The first kappa shape index (κ1) is 14.0. The summed E-state index contributed by atoms with van der Waals surface area (Å²) in [6.07, 6.45) is 2.30. The smallest absolute Gasteiger partial charge is 0.340 e. The third-order valence-corrected chi connectivity index (χ3v) is 3.68. The molecule has 0 saturated carbocycles. The summed E-state index contributed by atoms with van der Waals surface area (Å²) in [5.41, 5.74) is -0.316. The Morgan fingerprint density at radius 3 is 2.80 bits per heavy atom. The molecule has 0 unspecified atom stereocenters. The van der Waals surface area contributed by atoms with Crippen molar-refractivity contribution >= 4 is 21.7 Å². The third-order valence-electron chi connectivity index (χ3n) is 2.39. The van der Waals surface area contributed by atoms with Crippen molar-refractivity contribution < 1.29 is 22.3 Å². The van der Waals surface area contributed by atoms with E-state index < -0.39 is 21.8 Å². The number of ether oxygens (including phenoxy) is 1. The Hall–Kier alpha value is -2.42. The molecule has 1 aromatic carbocycles. The van der Waals surface area contributed by atoms with Gasteiger partial charge in [-0.3, -0.25) is 4.72 Å². The second-order valence-corrected chi connectivity index (χ2v) is 5.35. The van der Waals surface area contributed by atoms with Gasteiger partial charge in [-0.1, -0.05) is 0 Å². The lowest BCUT2D eigenvalue weighted by molar-refractivity contribution is 0.0601. The van der Waals surface area contributed by atoms with Crippen LogP contribution in [-0.4, -0.2) is 31.5 Å². The molecule has 1 heterocycles. The molecule has 0 spiro atoms. The Bertz CT molecular complexity index is 728. The van der Waals surface area contributed by atoms with E-state index >= 15 is 0 Å². The van der Waals surface area contributed by atoms with Gasteiger partial charge in [-0.25, -0.2) is 14.2 Å². The van der Waals surface area contributed by atoms with Crippen LogP contribution in [0.25, 0.3) is 0 Å². The summed E-state index contributed by atoms with van der Waals surface area (Å²) in [6.45, 7) is 0. The molecule has 20 heavy (non-hydrogen) atoms. The molecule has 2 aromatic rings. The molecule has 0 radical (unpaired) electrons. The molecule has 7 nitrogen and oxygen atoms in total. The average molecular weight is 299 g/mol. The second-order valence-electron chi connectivity index (χ2n) is 3.70. The number of halogens is 1. The Balaban J connectivity index is 2.42. The number of carbonyl (C=O) groups is 1. The summed E-state index contributed by atoms with van der Waals surface area (Å²) in [4.78, 5) is 17.5. The number of nitrogens with zero attached hydrogens (tertiary/aromatic N) is 1. The molecular weight excluding hydrogens is 289 g/mol. The first-order chi connectivity index (χ1) is 9.44. The van der Waals surface area contributed by atoms with E-state index in [0.717, 1.165) is 31.5 Å². The quantitative estimate of drug-likeness (QED) is 0.824. The number of hydrogen-bond donors (Lipinski definition) is 2. The van der Waals surface area contributed by atoms with E-state index in [-0.39, 0.29) is 16.3 Å². The molecule has 0 aliphatic carbocycles. The monoisotopic (exact) mass is 299 g/mol. The van der Waals surface area contributed by atoms with Crippen LogP contribution < -0.4 is 4.72 Å². The van der Waals surface area contributed by atoms with Gasteiger partial charge in [0.2, 0.25) is 0 Å². The van der Waals surface area contributed by atoms with Gasteiger partial charge in [-0.2, -0.15) is 8.42 Å². The molecule has 0 fully saturated rings. The van der Waals surface area contributed by atoms with Gasteiger partial charge in [-0.05, 0) is 18.2 Å². The highest BCUT2D eigenvalue weighted by Gasteiger charge is 2.20. The highest BCUT2D eigenvalue weighted by Crippen LogP contribution is 2.21. The summed E-state index contributed by atoms with van der Waals surface area (Å²) in [5, 5.41) is -0.183. The van der Waals surface area contributed by atoms with Crippen LogP contribution in [0.5, 0.6) is 0 Å². The molecule has 0 atom stereocenters. The number of benzene rings is 1. The van der Waals surface area contributed by atoms with E-state index in [0.29, 0.717) is 0 Å². The van der Waals surface area contributed by atoms with Gasteiger partial charge in [0.25, 0.3) is 10.0 Å². The fourth-order valence-electron chi connectivity index (χ4n) is 1.47. The molecular formula is C11H10FN3O4S. The molecule has 0 bridgehead atoms. The molecule has 0 saturated heterocycles. The van der Waals surface area contributed by atoms with E-state index in [9.17, 15) is 17.6 Å². The topological polar surface area (TPSA) is 101 Å². The molecule has 0 aliphatic rings. The number of esters is 1. The number of imidazole rings is 1. The van der Waals surface area contributed by atoms with E-state index in [1.165, 1.54) is 6.33 Å². The summed E-state index contributed by atoms with van der Waals surface area (Å²) in [6, 6.07) is 3.05. The van der Waals surface area contributed by atoms with Crippen molar-refractivity contribution in [3.05, 3.63) is 42.1 Å². The Kier molecular flexibility index (Phi) is 3.70. The maximum absolute atomic E-state index is 13.1. The molecule has 0 aliphatic heterocycles. The number of anilines is 1. The minimum atomic E-state index is -3.95. The summed E-state index contributed by atoms with van der Waals surface area (Å²) in [5.74, 6) is -1.54. The molecule has 106 valence electrons. The number of hydrogen-bond acceptors (Lipinski definition) is 5. The van der Waals surface area contributed by atoms with Crippen LogP contribution in [0.15, 0.2) is 35.7 Å². The fraction of sp³-hybridized carbons (Fsp3) is 0.0909. The van der Waals surface area contributed by atoms with Gasteiger partial charge in [0.1, 0.15) is 5.82 Å². The highest BCUT2D eigenvalue weighted by molar-refractivity contribution is 7.92. The predicted molar refractivity (Wildman–Crippen MR) is 67.1 cm³/mol. The second kappa shape index (κ2) is 5.29. The van der Waals surface area contributed by atoms with Gasteiger partial charge in [0.15, 0.2) is 5.03 Å². The number of methoxy groups -OCH3 is 1. The van der Waals surface area contributed by atoms with Gasteiger partial charge in [0.05, 0.1) is 30.9 Å². The van der Waals surface area contributed by atoms with Crippen LogP contribution in [0.2, 0.25) is 0 Å². The molecule has 9 heteroatoms. The number of rotatable bonds is 4. The Labute approximate surface area is 113 Å². The van der Waals surface area contributed by atoms with Crippen molar-refractivity contribution in [2.45, 2.75) is 5.03 Å². The predicted octanol–water partition coefficient (Wildman–Crippen LogP) is 1.14. The lowest BCUT2D eigenvalue weighted by Crippen LogP contribution is -2.16. The van der Waals surface area contributed by atoms with Crippen LogP contribution in [0.3, 0.4) is 0 Å². The fourth-order valence-corrected chi connectivity index (χ4v) is 2.46. The van der Waals surface area contributed by atoms with Crippen molar-refractivity contribution in [3.8, 4) is 0 Å². The summed E-state index contributed by atoms with van der Waals surface area (Å²) < 4.78 is 43.8. The standard InChI is InChI=1S/C11H10FN3O4S/c1-19-11(16)8-4-7(12)2-3-9(8)15-20(17,18)10-5-13-6-14-10/h2-6,15H,1H3,(H,13,14). The van der Waals surface area contributed by atoms with E-state index in [4.69, 9.17) is 0 Å². The van der Waals surface area contributed by atoms with Gasteiger partial charge in [0, 0.05) is 0 Å². The number of nitrogens with one attached hydrogen (secondary N) is 2. The SMILES string of the molecule is COC(=O)c1cc(F)ccc1NS(=O)(=O)c1cnc[nH]1. The lowest BCUT2D eigenvalue weighted by Gasteiger charge is -2.10. The average Bonchev–Trinajstić information content (AvgIpc) is 2.94. The van der Waals surface area contributed by atoms with E-state index in [1.54, 1.807) is 0 Å². The molecule has 0 amide bonds. The van der Waals surface area contributed by atoms with E-state index in [1.807, 2.05) is 0 Å². The highest BCUT2D eigenvalue weighted by atomic mass is 32.2. The zero-order chi connectivity index (χ0) is 14.8. The van der Waals surface area contributed by atoms with E-state index in [2.05, 4.69) is 19.4 Å². The number of H-pyrrole nitrogens is 1.